The third kappa shape index (κ3) is 5.55. The molecule has 0 radical (unpaired) electrons. The molecular formula is H2NO5P. The van der Waals surface area contributed by atoms with Crippen molar-refractivity contribution in [2.24, 2.45) is 0 Å². The largest absolute Gasteiger partial charge is 0.366 e. The molecule has 0 atom stereocenters. The van der Waals surface area contributed by atoms with Gasteiger partial charge < -0.3 is 9.79 Å². The topological polar surface area (TPSA) is 92.8 Å². The van der Waals surface area contributed by atoms with E-state index < -0.39 is 13.7 Å². The molecule has 0 rings (SSSR count). The van der Waals surface area contributed by atoms with Gasteiger partial charge in [0, 0.05) is 0 Å². The highest BCUT2D eigenvalue weighted by Gasteiger charge is 2.02. The van der Waals surface area contributed by atoms with Crippen LogP contribution in [0.3, 0.4) is 0 Å². The summed E-state index contributed by atoms with van der Waals surface area (Å²) in [5, 5.41) is 7.82. The summed E-state index contributed by atoms with van der Waals surface area (Å²) in [5.41, 5.74) is 0. The SMILES string of the molecule is O=[N+]([O-])OP(O)O. The van der Waals surface area contributed by atoms with Crippen molar-refractivity contribution in [2.75, 3.05) is 0 Å². The molecule has 2 N–H and O–H groups in total. The first-order valence-corrected chi connectivity index (χ1v) is 2.30. The highest BCUT2D eigenvalue weighted by molar-refractivity contribution is 7.39. The quantitative estimate of drug-likeness (QED) is 0.293. The second-order valence-corrected chi connectivity index (χ2v) is 1.23. The van der Waals surface area contributed by atoms with E-state index >= 15 is 0 Å². The average Bonchev–Trinajstić information content (AvgIpc) is 1.27. The molecule has 0 aliphatic rings. The predicted octanol–water partition coefficient (Wildman–Crippen LogP) is -0.594. The van der Waals surface area contributed by atoms with Crippen LogP contribution in [0.4, 0.5) is 0 Å². The van der Waals surface area contributed by atoms with E-state index in [9.17, 15) is 0 Å². The standard InChI is InChI=1S/H2NO5P/c2-1(3)6-7(4)5/h4-5H. The molecule has 0 aromatic heterocycles. The molecule has 0 aromatic rings. The van der Waals surface area contributed by atoms with Gasteiger partial charge in [-0.15, -0.1) is 10.1 Å². The summed E-state index contributed by atoms with van der Waals surface area (Å²) < 4.78 is 3.15. The Morgan fingerprint density at radius 3 is 2.14 bits per heavy atom. The number of hydrogen-bond acceptors (Lipinski definition) is 5. The van der Waals surface area contributed by atoms with Gasteiger partial charge in [0.25, 0.3) is 0 Å². The lowest BCUT2D eigenvalue weighted by molar-refractivity contribution is -0.715. The van der Waals surface area contributed by atoms with Crippen LogP contribution in [0.1, 0.15) is 0 Å². The van der Waals surface area contributed by atoms with Crippen LogP contribution < -0.4 is 0 Å². The summed E-state index contributed by atoms with van der Waals surface area (Å²) in [6.07, 6.45) is 0. The van der Waals surface area contributed by atoms with Crippen molar-refractivity contribution < 1.29 is 19.5 Å². The summed E-state index contributed by atoms with van der Waals surface area (Å²) >= 11 is 0. The molecule has 0 aliphatic carbocycles. The summed E-state index contributed by atoms with van der Waals surface area (Å²) in [7, 11) is -2.84. The smallest absolute Gasteiger partial charge is 0.330 e. The van der Waals surface area contributed by atoms with Crippen molar-refractivity contribution in [3.8, 4) is 0 Å². The summed E-state index contributed by atoms with van der Waals surface area (Å²) in [5.74, 6) is 0. The molecule has 0 spiro atoms. The summed E-state index contributed by atoms with van der Waals surface area (Å²) in [6.45, 7) is 0. The fraction of sp³-hybridized carbons (Fsp3) is 0. The molecule has 0 heterocycles. The van der Waals surface area contributed by atoms with Crippen LogP contribution in [0.2, 0.25) is 0 Å². The van der Waals surface area contributed by atoms with Gasteiger partial charge in [0.1, 0.15) is 0 Å². The van der Waals surface area contributed by atoms with Crippen LogP contribution in [0.5, 0.6) is 0 Å². The molecule has 0 amide bonds. The fourth-order valence-electron chi connectivity index (χ4n) is 0.0596. The maximum absolute atomic E-state index is 9.09. The van der Waals surface area contributed by atoms with Crippen molar-refractivity contribution in [1.82, 2.24) is 0 Å². The zero-order chi connectivity index (χ0) is 5.86. The molecule has 7 heteroatoms. The molecule has 0 aliphatic heterocycles. The molecule has 7 heavy (non-hydrogen) atoms. The van der Waals surface area contributed by atoms with Gasteiger partial charge in [-0.2, -0.15) is 0 Å². The Hall–Kier alpha value is -0.450. The van der Waals surface area contributed by atoms with E-state index in [2.05, 4.69) is 4.62 Å². The molecule has 0 saturated heterocycles. The summed E-state index contributed by atoms with van der Waals surface area (Å²) in [4.78, 5) is 24.4. The first-order chi connectivity index (χ1) is 3.13. The maximum Gasteiger partial charge on any atom is 0.366 e. The number of rotatable bonds is 2. The van der Waals surface area contributed by atoms with Gasteiger partial charge in [-0.1, -0.05) is 0 Å². The van der Waals surface area contributed by atoms with Crippen molar-refractivity contribution >= 4 is 8.60 Å². The van der Waals surface area contributed by atoms with Crippen LogP contribution in [0.25, 0.3) is 0 Å². The van der Waals surface area contributed by atoms with Crippen LogP contribution in [0, 0.1) is 10.1 Å². The average molecular weight is 127 g/mol. The van der Waals surface area contributed by atoms with Crippen molar-refractivity contribution in [2.45, 2.75) is 0 Å². The van der Waals surface area contributed by atoms with Crippen LogP contribution >= 0.6 is 8.60 Å². The molecule has 6 nitrogen and oxygen atoms in total. The van der Waals surface area contributed by atoms with Crippen LogP contribution in [0.15, 0.2) is 0 Å². The lowest BCUT2D eigenvalue weighted by Crippen LogP contribution is -1.92. The van der Waals surface area contributed by atoms with E-state index in [0.29, 0.717) is 0 Å². The zero-order valence-corrected chi connectivity index (χ0v) is 3.91. The Morgan fingerprint density at radius 1 is 1.71 bits per heavy atom. The van der Waals surface area contributed by atoms with Crippen molar-refractivity contribution in [3.63, 3.8) is 0 Å². The predicted molar refractivity (Wildman–Crippen MR) is 19.4 cm³/mol. The van der Waals surface area contributed by atoms with Gasteiger partial charge >= 0.3 is 13.7 Å². The second-order valence-electron chi connectivity index (χ2n) is 0.558. The highest BCUT2D eigenvalue weighted by Crippen LogP contribution is 2.23. The van der Waals surface area contributed by atoms with Crippen LogP contribution in [-0.2, 0) is 4.62 Å². The molecule has 0 saturated carbocycles. The monoisotopic (exact) mass is 127 g/mol. The van der Waals surface area contributed by atoms with E-state index in [1.807, 2.05) is 0 Å². The Labute approximate surface area is 39.4 Å². The summed E-state index contributed by atoms with van der Waals surface area (Å²) in [6, 6.07) is 0. The third-order valence-electron chi connectivity index (χ3n) is 0.140. The first kappa shape index (κ1) is 6.55. The maximum atomic E-state index is 9.09. The van der Waals surface area contributed by atoms with Crippen molar-refractivity contribution in [3.05, 3.63) is 10.1 Å². The van der Waals surface area contributed by atoms with Gasteiger partial charge in [0.2, 0.25) is 0 Å². The van der Waals surface area contributed by atoms with E-state index in [1.165, 1.54) is 0 Å². The Kier molecular flexibility index (Phi) is 2.51. The van der Waals surface area contributed by atoms with E-state index in [0.717, 1.165) is 0 Å². The van der Waals surface area contributed by atoms with Gasteiger partial charge in [-0.05, 0) is 0 Å². The van der Waals surface area contributed by atoms with E-state index in [-0.39, 0.29) is 0 Å². The van der Waals surface area contributed by atoms with E-state index in [4.69, 9.17) is 19.9 Å². The molecule has 42 valence electrons. The molecule has 0 fully saturated rings. The minimum absolute atomic E-state index is 1.27. The number of hydrogen-bond donors (Lipinski definition) is 2. The number of nitrogens with zero attached hydrogens (tertiary/aromatic N) is 1. The minimum atomic E-state index is -2.84. The lowest BCUT2D eigenvalue weighted by atomic mass is 13.1. The highest BCUT2D eigenvalue weighted by atomic mass is 31.2. The normalized spacial score (nSPS) is 9.00. The zero-order valence-electron chi connectivity index (χ0n) is 3.01. The van der Waals surface area contributed by atoms with E-state index in [1.54, 1.807) is 0 Å². The molecule has 0 bridgehead atoms. The Bertz CT molecular complexity index is 68.5. The van der Waals surface area contributed by atoms with Gasteiger partial charge in [0.15, 0.2) is 0 Å². The van der Waals surface area contributed by atoms with Crippen LogP contribution in [-0.4, -0.2) is 14.9 Å². The lowest BCUT2D eigenvalue weighted by Gasteiger charge is -1.92. The third-order valence-corrected chi connectivity index (χ3v) is 0.419. The molecule has 0 aromatic carbocycles. The van der Waals surface area contributed by atoms with Gasteiger partial charge in [-0.3, -0.25) is 0 Å². The second kappa shape index (κ2) is 2.68. The first-order valence-electron chi connectivity index (χ1n) is 1.13. The molecule has 0 unspecified atom stereocenters. The minimum Gasteiger partial charge on any atom is -0.330 e. The Balaban J connectivity index is 3.13. The fourth-order valence-corrected chi connectivity index (χ4v) is 0.179. The van der Waals surface area contributed by atoms with Gasteiger partial charge in [0.05, 0.1) is 0 Å². The van der Waals surface area contributed by atoms with Crippen molar-refractivity contribution in [1.29, 1.82) is 0 Å². The Morgan fingerprint density at radius 2 is 2.14 bits per heavy atom. The molecular weight excluding hydrogens is 125 g/mol. The van der Waals surface area contributed by atoms with Gasteiger partial charge in [-0.25, -0.2) is 4.62 Å².